The summed E-state index contributed by atoms with van der Waals surface area (Å²) in [5.41, 5.74) is 5.37. The van der Waals surface area contributed by atoms with Crippen LogP contribution in [-0.2, 0) is 0 Å². The van der Waals surface area contributed by atoms with Crippen molar-refractivity contribution in [1.29, 1.82) is 0 Å². The summed E-state index contributed by atoms with van der Waals surface area (Å²) in [6, 6.07) is 3.56. The molecule has 0 aliphatic rings. The Kier molecular flexibility index (Phi) is 3.30. The van der Waals surface area contributed by atoms with Gasteiger partial charge >= 0.3 is 5.69 Å². The molecule has 0 unspecified atom stereocenters. The van der Waals surface area contributed by atoms with Crippen molar-refractivity contribution in [2.24, 2.45) is 0 Å². The molecule has 1 aromatic carbocycles. The second kappa shape index (κ2) is 4.77. The summed E-state index contributed by atoms with van der Waals surface area (Å²) in [6.07, 6.45) is 0. The Labute approximate surface area is 112 Å². The number of nitrogens with zero attached hydrogens (tertiary/aromatic N) is 3. The van der Waals surface area contributed by atoms with Crippen molar-refractivity contribution in [3.8, 4) is 11.3 Å². The molecule has 2 rings (SSSR count). The van der Waals surface area contributed by atoms with Crippen molar-refractivity contribution in [3.05, 3.63) is 44.8 Å². The first-order valence-corrected chi connectivity index (χ1v) is 5.51. The molecular weight excluding hydrogens is 275 g/mol. The van der Waals surface area contributed by atoms with Gasteiger partial charge in [0.05, 0.1) is 4.92 Å². The Morgan fingerprint density at radius 3 is 2.63 bits per heavy atom. The van der Waals surface area contributed by atoms with Gasteiger partial charge in [-0.25, -0.2) is 14.4 Å². The molecule has 1 heterocycles. The average molecular weight is 283 g/mol. The fourth-order valence-electron chi connectivity index (χ4n) is 1.70. The zero-order valence-electron chi connectivity index (χ0n) is 9.72. The van der Waals surface area contributed by atoms with Crippen LogP contribution in [0.2, 0.25) is 5.02 Å². The lowest BCUT2D eigenvalue weighted by molar-refractivity contribution is -0.385. The molecule has 6 nitrogen and oxygen atoms in total. The van der Waals surface area contributed by atoms with Gasteiger partial charge in [-0.2, -0.15) is 0 Å². The highest BCUT2D eigenvalue weighted by atomic mass is 35.5. The van der Waals surface area contributed by atoms with E-state index in [0.29, 0.717) is 0 Å². The van der Waals surface area contributed by atoms with Crippen LogP contribution in [-0.4, -0.2) is 14.9 Å². The van der Waals surface area contributed by atoms with Crippen LogP contribution in [0.3, 0.4) is 0 Å². The lowest BCUT2D eigenvalue weighted by atomic mass is 10.1. The zero-order valence-corrected chi connectivity index (χ0v) is 10.5. The smallest absolute Gasteiger partial charge is 0.316 e. The Balaban J connectivity index is 2.77. The van der Waals surface area contributed by atoms with E-state index in [9.17, 15) is 14.5 Å². The average Bonchev–Trinajstić information content (AvgIpc) is 2.25. The molecule has 0 bridgehead atoms. The minimum absolute atomic E-state index is 0.0589. The summed E-state index contributed by atoms with van der Waals surface area (Å²) in [4.78, 5) is 18.0. The van der Waals surface area contributed by atoms with Gasteiger partial charge < -0.3 is 5.73 Å². The van der Waals surface area contributed by atoms with Crippen LogP contribution in [0, 0.1) is 22.9 Å². The number of nitrogen functional groups attached to an aromatic ring is 1. The van der Waals surface area contributed by atoms with Gasteiger partial charge in [0.25, 0.3) is 0 Å². The first-order valence-electron chi connectivity index (χ1n) is 5.13. The third-order valence-electron chi connectivity index (χ3n) is 2.39. The van der Waals surface area contributed by atoms with E-state index in [-0.39, 0.29) is 33.6 Å². The predicted octanol–water partition coefficient (Wildman–Crippen LogP) is 2.73. The van der Waals surface area contributed by atoms with Gasteiger partial charge in [0, 0.05) is 10.6 Å². The van der Waals surface area contributed by atoms with Crippen molar-refractivity contribution < 1.29 is 9.31 Å². The maximum Gasteiger partial charge on any atom is 0.316 e. The highest BCUT2D eigenvalue weighted by molar-refractivity contribution is 6.30. The normalized spacial score (nSPS) is 10.5. The number of rotatable bonds is 2. The van der Waals surface area contributed by atoms with E-state index in [4.69, 9.17) is 17.3 Å². The highest BCUT2D eigenvalue weighted by Gasteiger charge is 2.23. The maximum absolute atomic E-state index is 13.3. The maximum atomic E-state index is 13.3. The molecule has 0 spiro atoms. The largest absolute Gasteiger partial charge is 0.368 e. The summed E-state index contributed by atoms with van der Waals surface area (Å²) in [7, 11) is 0. The molecule has 0 aliphatic heterocycles. The number of halogens is 2. The highest BCUT2D eigenvalue weighted by Crippen LogP contribution is 2.32. The molecule has 19 heavy (non-hydrogen) atoms. The molecule has 2 aromatic rings. The van der Waals surface area contributed by atoms with Gasteiger partial charge in [-0.1, -0.05) is 11.6 Å². The summed E-state index contributed by atoms with van der Waals surface area (Å²) >= 11 is 5.73. The van der Waals surface area contributed by atoms with Gasteiger partial charge in [0.15, 0.2) is 5.69 Å². The van der Waals surface area contributed by atoms with Gasteiger partial charge in [-0.3, -0.25) is 10.1 Å². The number of benzene rings is 1. The zero-order chi connectivity index (χ0) is 14.2. The number of aryl methyl sites for hydroxylation is 1. The first-order chi connectivity index (χ1) is 8.88. The number of nitrogens with two attached hydrogens (primary N) is 1. The SMILES string of the molecule is Cc1nc(N)nc(-c2cc(F)cc(Cl)c2)c1[N+](=O)[O-]. The molecule has 0 saturated heterocycles. The standard InChI is InChI=1S/C11H8ClFN4O2/c1-5-10(17(18)19)9(16-11(14)15-5)6-2-7(12)4-8(13)3-6/h2-4H,1H3,(H2,14,15,16). The molecule has 0 fully saturated rings. The molecule has 0 aliphatic carbocycles. The van der Waals surface area contributed by atoms with Crippen molar-refractivity contribution in [1.82, 2.24) is 9.97 Å². The summed E-state index contributed by atoms with van der Waals surface area (Å²) < 4.78 is 13.3. The fraction of sp³-hybridized carbons (Fsp3) is 0.0909. The predicted molar refractivity (Wildman–Crippen MR) is 68.2 cm³/mol. The molecular formula is C11H8ClFN4O2. The second-order valence-corrected chi connectivity index (χ2v) is 4.22. The minimum Gasteiger partial charge on any atom is -0.368 e. The Morgan fingerprint density at radius 2 is 2.05 bits per heavy atom. The van der Waals surface area contributed by atoms with E-state index in [2.05, 4.69) is 9.97 Å². The molecule has 1 aromatic heterocycles. The first kappa shape index (κ1) is 13.2. The fourth-order valence-corrected chi connectivity index (χ4v) is 1.92. The second-order valence-electron chi connectivity index (χ2n) is 3.78. The third kappa shape index (κ3) is 2.60. The van der Waals surface area contributed by atoms with Crippen molar-refractivity contribution in [2.45, 2.75) is 6.92 Å². The van der Waals surface area contributed by atoms with Crippen molar-refractivity contribution >= 4 is 23.2 Å². The molecule has 2 N–H and O–H groups in total. The Bertz CT molecular complexity index is 658. The van der Waals surface area contributed by atoms with Crippen molar-refractivity contribution in [2.75, 3.05) is 5.73 Å². The van der Waals surface area contributed by atoms with E-state index in [1.165, 1.54) is 13.0 Å². The molecule has 8 heteroatoms. The van der Waals surface area contributed by atoms with E-state index < -0.39 is 10.7 Å². The van der Waals surface area contributed by atoms with E-state index in [1.54, 1.807) is 0 Å². The molecule has 0 radical (unpaired) electrons. The van der Waals surface area contributed by atoms with Crippen LogP contribution in [0.15, 0.2) is 18.2 Å². The van der Waals surface area contributed by atoms with Crippen LogP contribution in [0.5, 0.6) is 0 Å². The summed E-state index contributed by atoms with van der Waals surface area (Å²) in [5, 5.41) is 11.2. The van der Waals surface area contributed by atoms with Gasteiger partial charge in [-0.15, -0.1) is 0 Å². The minimum atomic E-state index is -0.636. The van der Waals surface area contributed by atoms with E-state index in [0.717, 1.165) is 12.1 Å². The van der Waals surface area contributed by atoms with Gasteiger partial charge in [-0.05, 0) is 25.1 Å². The number of hydrogen-bond donors (Lipinski definition) is 1. The monoisotopic (exact) mass is 282 g/mol. The van der Waals surface area contributed by atoms with E-state index in [1.807, 2.05) is 0 Å². The van der Waals surface area contributed by atoms with Crippen LogP contribution in [0.25, 0.3) is 11.3 Å². The number of hydrogen-bond acceptors (Lipinski definition) is 5. The number of anilines is 1. The number of aromatic nitrogens is 2. The molecule has 98 valence electrons. The van der Waals surface area contributed by atoms with Gasteiger partial charge in [0.2, 0.25) is 5.95 Å². The summed E-state index contributed by atoms with van der Waals surface area (Å²) in [6.45, 7) is 1.43. The molecule has 0 saturated carbocycles. The molecule has 0 atom stereocenters. The van der Waals surface area contributed by atoms with E-state index >= 15 is 0 Å². The topological polar surface area (TPSA) is 94.9 Å². The lowest BCUT2D eigenvalue weighted by Gasteiger charge is -2.06. The van der Waals surface area contributed by atoms with Gasteiger partial charge in [0.1, 0.15) is 11.5 Å². The van der Waals surface area contributed by atoms with Crippen LogP contribution in [0.4, 0.5) is 16.0 Å². The number of nitro groups is 1. The quantitative estimate of drug-likeness (QED) is 0.675. The third-order valence-corrected chi connectivity index (χ3v) is 2.61. The van der Waals surface area contributed by atoms with Crippen LogP contribution in [0.1, 0.15) is 5.69 Å². The van der Waals surface area contributed by atoms with Crippen LogP contribution < -0.4 is 5.73 Å². The van der Waals surface area contributed by atoms with Crippen molar-refractivity contribution in [3.63, 3.8) is 0 Å². The summed E-state index contributed by atoms with van der Waals surface area (Å²) in [5.74, 6) is -0.745. The Hall–Kier alpha value is -2.28. The molecule has 0 amide bonds. The Morgan fingerprint density at radius 1 is 1.37 bits per heavy atom. The lowest BCUT2D eigenvalue weighted by Crippen LogP contribution is -2.04. The van der Waals surface area contributed by atoms with Crippen LogP contribution >= 0.6 is 11.6 Å².